The number of hydrogen-bond donors (Lipinski definition) is 1. The van der Waals surface area contributed by atoms with Crippen LogP contribution in [-0.2, 0) is 6.42 Å². The van der Waals surface area contributed by atoms with Gasteiger partial charge in [0.05, 0.1) is 11.6 Å². The number of aromatic nitrogens is 2. The van der Waals surface area contributed by atoms with E-state index in [0.29, 0.717) is 5.56 Å². The fraction of sp³-hybridized carbons (Fsp3) is 0.121. The second kappa shape index (κ2) is 11.9. The van der Waals surface area contributed by atoms with Crippen LogP contribution < -0.4 is 5.32 Å². The number of rotatable bonds is 9. The molecule has 180 valence electrons. The van der Waals surface area contributed by atoms with Crippen LogP contribution in [0.5, 0.6) is 0 Å². The lowest BCUT2D eigenvalue weighted by Crippen LogP contribution is -2.30. The summed E-state index contributed by atoms with van der Waals surface area (Å²) in [6.45, 7) is 0.781. The minimum Gasteiger partial charge on any atom is -0.309 e. The summed E-state index contributed by atoms with van der Waals surface area (Å²) in [7, 11) is 0. The summed E-state index contributed by atoms with van der Waals surface area (Å²) in [5.41, 5.74) is 7.63. The number of pyridine rings is 2. The van der Waals surface area contributed by atoms with Crippen LogP contribution in [0.15, 0.2) is 128 Å². The molecular formula is C33H28N4. The first-order chi connectivity index (χ1) is 18.3. The molecule has 0 aliphatic carbocycles. The SMILES string of the molecule is N#Cc1cccc(C(NCCc2ccc(-c3ccccc3)cc2)C(c2cccnc2)c2cccnc2)c1. The molecule has 0 fully saturated rings. The lowest BCUT2D eigenvalue weighted by Gasteiger charge is -2.29. The van der Waals surface area contributed by atoms with Crippen LogP contribution in [0.4, 0.5) is 0 Å². The van der Waals surface area contributed by atoms with Gasteiger partial charge in [-0.3, -0.25) is 9.97 Å². The molecule has 0 aliphatic rings. The Bertz CT molecular complexity index is 1400. The molecule has 5 aromatic rings. The third-order valence-electron chi connectivity index (χ3n) is 6.63. The van der Waals surface area contributed by atoms with E-state index in [9.17, 15) is 5.26 Å². The van der Waals surface area contributed by atoms with Crippen molar-refractivity contribution in [2.45, 2.75) is 18.4 Å². The first kappa shape index (κ1) is 24.1. The summed E-state index contributed by atoms with van der Waals surface area (Å²) < 4.78 is 0. The van der Waals surface area contributed by atoms with Gasteiger partial charge in [-0.05, 0) is 70.6 Å². The topological polar surface area (TPSA) is 61.6 Å². The molecule has 0 radical (unpaired) electrons. The zero-order valence-electron chi connectivity index (χ0n) is 20.5. The van der Waals surface area contributed by atoms with Crippen LogP contribution >= 0.6 is 0 Å². The molecule has 2 heterocycles. The van der Waals surface area contributed by atoms with Crippen molar-refractivity contribution in [2.75, 3.05) is 6.54 Å². The molecule has 0 amide bonds. The Hall–Kier alpha value is -4.59. The maximum Gasteiger partial charge on any atom is 0.0991 e. The van der Waals surface area contributed by atoms with Gasteiger partial charge in [-0.1, -0.05) is 78.9 Å². The minimum absolute atomic E-state index is 0.0169. The minimum atomic E-state index is -0.0645. The van der Waals surface area contributed by atoms with Crippen molar-refractivity contribution in [1.29, 1.82) is 5.26 Å². The molecule has 0 bridgehead atoms. The average molecular weight is 481 g/mol. The highest BCUT2D eigenvalue weighted by Gasteiger charge is 2.27. The lowest BCUT2D eigenvalue weighted by atomic mass is 9.82. The normalized spacial score (nSPS) is 11.7. The maximum absolute atomic E-state index is 9.56. The molecule has 1 atom stereocenters. The lowest BCUT2D eigenvalue weighted by molar-refractivity contribution is 0.486. The highest BCUT2D eigenvalue weighted by atomic mass is 14.9. The predicted octanol–water partition coefficient (Wildman–Crippen LogP) is 6.72. The van der Waals surface area contributed by atoms with Crippen LogP contribution in [0.1, 0.15) is 39.8 Å². The van der Waals surface area contributed by atoms with Crippen molar-refractivity contribution in [1.82, 2.24) is 15.3 Å². The van der Waals surface area contributed by atoms with Gasteiger partial charge in [0.2, 0.25) is 0 Å². The van der Waals surface area contributed by atoms with Gasteiger partial charge in [0.15, 0.2) is 0 Å². The molecule has 5 rings (SSSR count). The molecule has 3 aromatic carbocycles. The van der Waals surface area contributed by atoms with Crippen molar-refractivity contribution in [3.8, 4) is 17.2 Å². The van der Waals surface area contributed by atoms with Gasteiger partial charge in [0, 0.05) is 36.7 Å². The molecule has 4 heteroatoms. The molecule has 4 nitrogen and oxygen atoms in total. The third kappa shape index (κ3) is 5.98. The first-order valence-electron chi connectivity index (χ1n) is 12.5. The molecule has 1 unspecified atom stereocenters. The molecule has 0 aliphatic heterocycles. The van der Waals surface area contributed by atoms with Crippen LogP contribution in [-0.4, -0.2) is 16.5 Å². The van der Waals surface area contributed by atoms with Crippen molar-refractivity contribution in [2.24, 2.45) is 0 Å². The molecule has 1 N–H and O–H groups in total. The molecule has 2 aromatic heterocycles. The van der Waals surface area contributed by atoms with Gasteiger partial charge >= 0.3 is 0 Å². The number of benzene rings is 3. The van der Waals surface area contributed by atoms with E-state index in [1.165, 1.54) is 16.7 Å². The Balaban J connectivity index is 1.42. The second-order valence-electron chi connectivity index (χ2n) is 9.03. The van der Waals surface area contributed by atoms with Gasteiger partial charge in [-0.25, -0.2) is 0 Å². The molecule has 0 spiro atoms. The number of nitrogens with zero attached hydrogens (tertiary/aromatic N) is 3. The Kier molecular flexibility index (Phi) is 7.76. The van der Waals surface area contributed by atoms with Gasteiger partial charge in [0.1, 0.15) is 0 Å². The largest absolute Gasteiger partial charge is 0.309 e. The summed E-state index contributed by atoms with van der Waals surface area (Å²) in [5, 5.41) is 13.4. The summed E-state index contributed by atoms with van der Waals surface area (Å²) in [6, 6.07) is 37.5. The number of hydrogen-bond acceptors (Lipinski definition) is 4. The van der Waals surface area contributed by atoms with Gasteiger partial charge in [-0.2, -0.15) is 5.26 Å². The first-order valence-corrected chi connectivity index (χ1v) is 12.5. The van der Waals surface area contributed by atoms with Crippen LogP contribution in [0.25, 0.3) is 11.1 Å². The zero-order chi connectivity index (χ0) is 25.3. The van der Waals surface area contributed by atoms with Gasteiger partial charge in [0.25, 0.3) is 0 Å². The van der Waals surface area contributed by atoms with E-state index in [2.05, 4.69) is 88.1 Å². The summed E-state index contributed by atoms with van der Waals surface area (Å²) in [6.07, 6.45) is 8.31. The molecule has 37 heavy (non-hydrogen) atoms. The van der Waals surface area contributed by atoms with E-state index < -0.39 is 0 Å². The van der Waals surface area contributed by atoms with Crippen molar-refractivity contribution >= 4 is 0 Å². The van der Waals surface area contributed by atoms with E-state index in [1.54, 1.807) is 12.4 Å². The van der Waals surface area contributed by atoms with E-state index in [1.807, 2.05) is 48.8 Å². The second-order valence-corrected chi connectivity index (χ2v) is 9.03. The van der Waals surface area contributed by atoms with Crippen LogP contribution in [0.2, 0.25) is 0 Å². The Morgan fingerprint density at radius 2 is 1.32 bits per heavy atom. The van der Waals surface area contributed by atoms with Crippen LogP contribution in [0.3, 0.4) is 0 Å². The average Bonchev–Trinajstić information content (AvgIpc) is 2.98. The maximum atomic E-state index is 9.56. The highest BCUT2D eigenvalue weighted by molar-refractivity contribution is 5.63. The van der Waals surface area contributed by atoms with Crippen molar-refractivity contribution < 1.29 is 0 Å². The quantitative estimate of drug-likeness (QED) is 0.254. The van der Waals surface area contributed by atoms with E-state index in [-0.39, 0.29) is 12.0 Å². The smallest absolute Gasteiger partial charge is 0.0991 e. The van der Waals surface area contributed by atoms with Crippen LogP contribution in [0, 0.1) is 11.3 Å². The highest BCUT2D eigenvalue weighted by Crippen LogP contribution is 2.36. The third-order valence-corrected chi connectivity index (χ3v) is 6.63. The number of nitriles is 1. The summed E-state index contributed by atoms with van der Waals surface area (Å²) in [4.78, 5) is 8.80. The zero-order valence-corrected chi connectivity index (χ0v) is 20.5. The monoisotopic (exact) mass is 480 g/mol. The fourth-order valence-corrected chi connectivity index (χ4v) is 4.79. The van der Waals surface area contributed by atoms with Crippen molar-refractivity contribution in [3.63, 3.8) is 0 Å². The molecule has 0 saturated heterocycles. The number of nitrogens with one attached hydrogen (secondary N) is 1. The fourth-order valence-electron chi connectivity index (χ4n) is 4.79. The molecule has 0 saturated carbocycles. The van der Waals surface area contributed by atoms with Gasteiger partial charge in [-0.15, -0.1) is 0 Å². The Labute approximate surface area is 218 Å². The molecular weight excluding hydrogens is 452 g/mol. The predicted molar refractivity (Wildman–Crippen MR) is 148 cm³/mol. The van der Waals surface area contributed by atoms with Gasteiger partial charge < -0.3 is 5.32 Å². The summed E-state index contributed by atoms with van der Waals surface area (Å²) in [5.74, 6) is -0.0169. The standard InChI is InChI=1S/C33H28N4/c34-22-26-7-4-10-29(21-26)33(32(30-11-5-18-35-23-30)31-12-6-19-36-24-31)37-20-17-25-13-15-28(16-14-25)27-8-2-1-3-9-27/h1-16,18-19,21,23-24,32-33,37H,17,20H2. The van der Waals surface area contributed by atoms with E-state index in [0.717, 1.165) is 29.7 Å². The van der Waals surface area contributed by atoms with E-state index in [4.69, 9.17) is 0 Å². The Morgan fingerprint density at radius 1 is 0.676 bits per heavy atom. The Morgan fingerprint density at radius 3 is 1.95 bits per heavy atom. The van der Waals surface area contributed by atoms with Crippen molar-refractivity contribution in [3.05, 3.63) is 156 Å². The van der Waals surface area contributed by atoms with E-state index >= 15 is 0 Å². The summed E-state index contributed by atoms with van der Waals surface area (Å²) >= 11 is 0.